The van der Waals surface area contributed by atoms with Gasteiger partial charge in [0.25, 0.3) is 0 Å². The number of fused-ring (bicyclic) bond motifs is 3. The number of hydrogen-bond donors (Lipinski definition) is 2. The number of aliphatic hydroxyl groups is 1. The van der Waals surface area contributed by atoms with Crippen molar-refractivity contribution in [3.63, 3.8) is 0 Å². The van der Waals surface area contributed by atoms with Gasteiger partial charge in [-0.3, -0.25) is 4.79 Å². The maximum Gasteiger partial charge on any atom is 0.224 e. The van der Waals surface area contributed by atoms with Crippen LogP contribution < -0.4 is 5.73 Å². The molecule has 3 fully saturated rings. The Kier molecular flexibility index (Phi) is 3.56. The number of carbonyl (C=O) groups excluding carboxylic acids is 1. The SMILES string of the molecule is CCCCC1CC(=O)N2CC3OC(C)(C)OC3C2(N)C1O. The number of hydrogen-bond acceptors (Lipinski definition) is 5. The topological polar surface area (TPSA) is 85.0 Å². The Balaban J connectivity index is 1.87. The van der Waals surface area contributed by atoms with Gasteiger partial charge in [0.1, 0.15) is 17.9 Å². The van der Waals surface area contributed by atoms with Crippen LogP contribution in [0.5, 0.6) is 0 Å². The van der Waals surface area contributed by atoms with Crippen molar-refractivity contribution in [3.8, 4) is 0 Å². The third-order valence-electron chi connectivity index (χ3n) is 5.06. The molecule has 3 saturated heterocycles. The van der Waals surface area contributed by atoms with Crippen LogP contribution in [0.4, 0.5) is 0 Å². The number of carbonyl (C=O) groups is 1. The molecule has 6 nitrogen and oxygen atoms in total. The largest absolute Gasteiger partial charge is 0.389 e. The van der Waals surface area contributed by atoms with E-state index in [1.807, 2.05) is 13.8 Å². The molecule has 5 unspecified atom stereocenters. The Labute approximate surface area is 125 Å². The second-order valence-electron chi connectivity index (χ2n) is 7.04. The molecule has 3 heterocycles. The summed E-state index contributed by atoms with van der Waals surface area (Å²) in [6.45, 7) is 6.18. The van der Waals surface area contributed by atoms with E-state index in [0.29, 0.717) is 13.0 Å². The van der Waals surface area contributed by atoms with E-state index in [1.54, 1.807) is 4.90 Å². The molecule has 0 spiro atoms. The molecule has 3 rings (SSSR count). The number of unbranched alkanes of at least 4 members (excludes halogenated alkanes) is 1. The van der Waals surface area contributed by atoms with Gasteiger partial charge >= 0.3 is 0 Å². The van der Waals surface area contributed by atoms with Gasteiger partial charge in [0.2, 0.25) is 5.91 Å². The fourth-order valence-corrected chi connectivity index (χ4v) is 4.05. The molecular formula is C15H26N2O4. The van der Waals surface area contributed by atoms with Crippen molar-refractivity contribution in [1.82, 2.24) is 4.90 Å². The van der Waals surface area contributed by atoms with Crippen LogP contribution in [0, 0.1) is 5.92 Å². The molecule has 0 bridgehead atoms. The molecule has 0 aromatic rings. The molecule has 3 N–H and O–H groups in total. The van der Waals surface area contributed by atoms with Crippen molar-refractivity contribution < 1.29 is 19.4 Å². The summed E-state index contributed by atoms with van der Waals surface area (Å²) in [6, 6.07) is 0. The fraction of sp³-hybridized carbons (Fsp3) is 0.933. The summed E-state index contributed by atoms with van der Waals surface area (Å²) >= 11 is 0. The van der Waals surface area contributed by atoms with Gasteiger partial charge in [-0.05, 0) is 26.2 Å². The lowest BCUT2D eigenvalue weighted by Gasteiger charge is -2.48. The maximum absolute atomic E-state index is 12.4. The first-order valence-corrected chi connectivity index (χ1v) is 7.92. The normalized spacial score (nSPS) is 44.8. The van der Waals surface area contributed by atoms with Gasteiger partial charge in [-0.2, -0.15) is 0 Å². The average molecular weight is 298 g/mol. The Morgan fingerprint density at radius 3 is 2.81 bits per heavy atom. The molecule has 21 heavy (non-hydrogen) atoms. The lowest BCUT2D eigenvalue weighted by molar-refractivity contribution is -0.200. The minimum Gasteiger partial charge on any atom is -0.389 e. The van der Waals surface area contributed by atoms with E-state index in [2.05, 4.69) is 6.92 Å². The van der Waals surface area contributed by atoms with Gasteiger partial charge in [0.05, 0.1) is 12.6 Å². The van der Waals surface area contributed by atoms with Crippen molar-refractivity contribution in [1.29, 1.82) is 0 Å². The van der Waals surface area contributed by atoms with Crippen LogP contribution in [0.1, 0.15) is 46.5 Å². The molecule has 120 valence electrons. The Morgan fingerprint density at radius 2 is 2.14 bits per heavy atom. The fourth-order valence-electron chi connectivity index (χ4n) is 4.05. The van der Waals surface area contributed by atoms with Crippen LogP contribution in [0.15, 0.2) is 0 Å². The van der Waals surface area contributed by atoms with Gasteiger partial charge in [-0.15, -0.1) is 0 Å². The second kappa shape index (κ2) is 4.91. The zero-order chi connectivity index (χ0) is 15.4. The smallest absolute Gasteiger partial charge is 0.224 e. The van der Waals surface area contributed by atoms with Crippen LogP contribution in [0.3, 0.4) is 0 Å². The molecule has 3 aliphatic rings. The first kappa shape index (κ1) is 15.2. The summed E-state index contributed by atoms with van der Waals surface area (Å²) in [7, 11) is 0. The van der Waals surface area contributed by atoms with E-state index in [1.165, 1.54) is 0 Å². The van der Waals surface area contributed by atoms with Crippen LogP contribution in [0.2, 0.25) is 0 Å². The molecule has 0 aromatic carbocycles. The van der Waals surface area contributed by atoms with Gasteiger partial charge in [0, 0.05) is 6.42 Å². The first-order valence-electron chi connectivity index (χ1n) is 7.92. The minimum absolute atomic E-state index is 0.00306. The van der Waals surface area contributed by atoms with Crippen LogP contribution in [-0.4, -0.2) is 52.2 Å². The summed E-state index contributed by atoms with van der Waals surface area (Å²) in [6.07, 6.45) is 1.72. The van der Waals surface area contributed by atoms with Crippen molar-refractivity contribution in [3.05, 3.63) is 0 Å². The van der Waals surface area contributed by atoms with Gasteiger partial charge < -0.3 is 25.2 Å². The van der Waals surface area contributed by atoms with Crippen LogP contribution in [0.25, 0.3) is 0 Å². The monoisotopic (exact) mass is 298 g/mol. The Morgan fingerprint density at radius 1 is 1.43 bits per heavy atom. The highest BCUT2D eigenvalue weighted by Gasteiger charge is 2.66. The summed E-state index contributed by atoms with van der Waals surface area (Å²) in [5, 5.41) is 10.8. The number of nitrogens with zero attached hydrogens (tertiary/aromatic N) is 1. The maximum atomic E-state index is 12.4. The lowest BCUT2D eigenvalue weighted by atomic mass is 9.79. The number of ether oxygens (including phenoxy) is 2. The first-order chi connectivity index (χ1) is 9.79. The molecule has 1 amide bonds. The highest BCUT2D eigenvalue weighted by atomic mass is 16.8. The summed E-state index contributed by atoms with van der Waals surface area (Å²) < 4.78 is 11.8. The molecule has 3 aliphatic heterocycles. The highest BCUT2D eigenvalue weighted by Crippen LogP contribution is 2.46. The van der Waals surface area contributed by atoms with E-state index in [9.17, 15) is 9.90 Å². The van der Waals surface area contributed by atoms with E-state index in [-0.39, 0.29) is 17.9 Å². The standard InChI is InChI=1S/C15H26N2O4/c1-4-5-6-9-7-11(18)17-8-10-13(15(17,16)12(9)19)21-14(2,3)20-10/h9-10,12-13,19H,4-8,16H2,1-3H3. The quantitative estimate of drug-likeness (QED) is 0.796. The molecule has 5 atom stereocenters. The van der Waals surface area contributed by atoms with Crippen LogP contribution >= 0.6 is 0 Å². The third kappa shape index (κ3) is 2.20. The summed E-state index contributed by atoms with van der Waals surface area (Å²) in [5.74, 6) is -0.805. The number of nitrogens with two attached hydrogens (primary N) is 1. The van der Waals surface area contributed by atoms with Crippen molar-refractivity contribution in [2.24, 2.45) is 11.7 Å². The molecular weight excluding hydrogens is 272 g/mol. The lowest BCUT2D eigenvalue weighted by Crippen LogP contribution is -2.72. The zero-order valence-corrected chi connectivity index (χ0v) is 13.0. The van der Waals surface area contributed by atoms with E-state index < -0.39 is 23.7 Å². The Bertz CT molecular complexity index is 441. The van der Waals surface area contributed by atoms with Gasteiger partial charge in [0.15, 0.2) is 5.79 Å². The number of amides is 1. The molecule has 0 aromatic heterocycles. The molecule has 0 aliphatic carbocycles. The van der Waals surface area contributed by atoms with Gasteiger partial charge in [-0.25, -0.2) is 0 Å². The number of rotatable bonds is 3. The van der Waals surface area contributed by atoms with Crippen molar-refractivity contribution in [2.75, 3.05) is 6.54 Å². The Hall–Kier alpha value is -0.690. The van der Waals surface area contributed by atoms with E-state index >= 15 is 0 Å². The third-order valence-corrected chi connectivity index (χ3v) is 5.06. The molecule has 0 saturated carbocycles. The highest BCUT2D eigenvalue weighted by molar-refractivity contribution is 5.79. The zero-order valence-electron chi connectivity index (χ0n) is 13.0. The number of piperidine rings is 1. The summed E-state index contributed by atoms with van der Waals surface area (Å²) in [4.78, 5) is 14.0. The second-order valence-corrected chi connectivity index (χ2v) is 7.04. The van der Waals surface area contributed by atoms with Crippen molar-refractivity contribution >= 4 is 5.91 Å². The van der Waals surface area contributed by atoms with E-state index in [0.717, 1.165) is 19.3 Å². The predicted octanol–water partition coefficient (Wildman–Crippen LogP) is 0.575. The van der Waals surface area contributed by atoms with Gasteiger partial charge in [-0.1, -0.05) is 19.8 Å². The van der Waals surface area contributed by atoms with E-state index in [4.69, 9.17) is 15.2 Å². The molecule has 6 heteroatoms. The number of aliphatic hydroxyl groups excluding tert-OH is 1. The average Bonchev–Trinajstić information content (AvgIpc) is 2.85. The summed E-state index contributed by atoms with van der Waals surface area (Å²) in [5.41, 5.74) is 5.36. The molecule has 0 radical (unpaired) electrons. The van der Waals surface area contributed by atoms with Crippen molar-refractivity contribution in [2.45, 2.75) is 76.2 Å². The minimum atomic E-state index is -1.16. The van der Waals surface area contributed by atoms with Crippen LogP contribution in [-0.2, 0) is 14.3 Å². The predicted molar refractivity (Wildman–Crippen MR) is 76.1 cm³/mol.